The number of ether oxygens (including phenoxy) is 2. The van der Waals surface area contributed by atoms with E-state index in [4.69, 9.17) is 9.47 Å². The standard InChI is InChI=1S/C15H21N3O2/c1-11-9-13(20-4)5-6-14(11)17-15-16-7-8-18(15)12(2)10-19-3/h5-9,12H,10H2,1-4H3,(H,16,17). The van der Waals surface area contributed by atoms with Crippen LogP contribution in [0.15, 0.2) is 30.6 Å². The molecule has 1 atom stereocenters. The third-order valence-electron chi connectivity index (χ3n) is 3.23. The van der Waals surface area contributed by atoms with Crippen LogP contribution in [0, 0.1) is 6.92 Å². The molecular formula is C15H21N3O2. The average Bonchev–Trinajstić information content (AvgIpc) is 2.89. The molecule has 1 aromatic carbocycles. The van der Waals surface area contributed by atoms with E-state index in [9.17, 15) is 0 Å². The molecule has 0 aliphatic carbocycles. The van der Waals surface area contributed by atoms with Gasteiger partial charge in [0.2, 0.25) is 5.95 Å². The van der Waals surface area contributed by atoms with Gasteiger partial charge in [0.1, 0.15) is 5.75 Å². The quantitative estimate of drug-likeness (QED) is 0.879. The van der Waals surface area contributed by atoms with Gasteiger partial charge in [0, 0.05) is 25.2 Å². The fourth-order valence-corrected chi connectivity index (χ4v) is 2.11. The number of hydrogen-bond acceptors (Lipinski definition) is 4. The van der Waals surface area contributed by atoms with Crippen LogP contribution in [-0.4, -0.2) is 30.4 Å². The van der Waals surface area contributed by atoms with E-state index < -0.39 is 0 Å². The molecule has 0 fully saturated rings. The van der Waals surface area contributed by atoms with Crippen LogP contribution in [0.5, 0.6) is 5.75 Å². The predicted molar refractivity (Wildman–Crippen MR) is 79.8 cm³/mol. The lowest BCUT2D eigenvalue weighted by atomic mass is 10.2. The maximum Gasteiger partial charge on any atom is 0.207 e. The molecule has 0 saturated carbocycles. The van der Waals surface area contributed by atoms with Gasteiger partial charge in [-0.2, -0.15) is 0 Å². The molecule has 0 saturated heterocycles. The van der Waals surface area contributed by atoms with E-state index in [0.29, 0.717) is 6.61 Å². The Morgan fingerprint density at radius 2 is 2.15 bits per heavy atom. The van der Waals surface area contributed by atoms with Gasteiger partial charge in [0.05, 0.1) is 19.8 Å². The van der Waals surface area contributed by atoms with Gasteiger partial charge < -0.3 is 19.4 Å². The van der Waals surface area contributed by atoms with Crippen molar-refractivity contribution in [3.63, 3.8) is 0 Å². The number of methoxy groups -OCH3 is 2. The molecule has 1 unspecified atom stereocenters. The first-order valence-corrected chi connectivity index (χ1v) is 6.59. The second kappa shape index (κ2) is 6.43. The third kappa shape index (κ3) is 3.11. The first-order chi connectivity index (χ1) is 9.65. The second-order valence-corrected chi connectivity index (χ2v) is 4.77. The molecule has 1 N–H and O–H groups in total. The van der Waals surface area contributed by atoms with Gasteiger partial charge in [0.25, 0.3) is 0 Å². The van der Waals surface area contributed by atoms with Crippen molar-refractivity contribution in [1.29, 1.82) is 0 Å². The van der Waals surface area contributed by atoms with E-state index in [-0.39, 0.29) is 6.04 Å². The van der Waals surface area contributed by atoms with Crippen LogP contribution in [0.3, 0.4) is 0 Å². The highest BCUT2D eigenvalue weighted by molar-refractivity contribution is 5.60. The molecule has 0 aliphatic rings. The van der Waals surface area contributed by atoms with Crippen molar-refractivity contribution in [3.8, 4) is 5.75 Å². The van der Waals surface area contributed by atoms with Crippen molar-refractivity contribution >= 4 is 11.6 Å². The van der Waals surface area contributed by atoms with Crippen molar-refractivity contribution in [3.05, 3.63) is 36.2 Å². The lowest BCUT2D eigenvalue weighted by molar-refractivity contribution is 0.163. The van der Waals surface area contributed by atoms with Crippen LogP contribution < -0.4 is 10.1 Å². The summed E-state index contributed by atoms with van der Waals surface area (Å²) in [4.78, 5) is 4.36. The van der Waals surface area contributed by atoms with Crippen LogP contribution in [0.4, 0.5) is 11.6 Å². The van der Waals surface area contributed by atoms with Crippen molar-refractivity contribution in [2.75, 3.05) is 26.1 Å². The van der Waals surface area contributed by atoms with E-state index in [1.165, 1.54) is 0 Å². The fourth-order valence-electron chi connectivity index (χ4n) is 2.11. The second-order valence-electron chi connectivity index (χ2n) is 4.77. The van der Waals surface area contributed by atoms with E-state index in [2.05, 4.69) is 21.8 Å². The third-order valence-corrected chi connectivity index (χ3v) is 3.23. The monoisotopic (exact) mass is 275 g/mol. The Kier molecular flexibility index (Phi) is 4.63. The molecule has 1 aromatic heterocycles. The Balaban J connectivity index is 2.20. The number of anilines is 2. The van der Waals surface area contributed by atoms with Gasteiger partial charge >= 0.3 is 0 Å². The SMILES string of the molecule is COCC(C)n1ccnc1Nc1ccc(OC)cc1C. The first-order valence-electron chi connectivity index (χ1n) is 6.59. The number of rotatable bonds is 6. The van der Waals surface area contributed by atoms with Crippen molar-refractivity contribution in [2.45, 2.75) is 19.9 Å². The first kappa shape index (κ1) is 14.4. The van der Waals surface area contributed by atoms with Gasteiger partial charge in [0.15, 0.2) is 0 Å². The summed E-state index contributed by atoms with van der Waals surface area (Å²) in [7, 11) is 3.37. The predicted octanol–water partition coefficient (Wildman–Crippen LogP) is 3.15. The maximum absolute atomic E-state index is 5.21. The van der Waals surface area contributed by atoms with Gasteiger partial charge in [-0.1, -0.05) is 0 Å². The minimum absolute atomic E-state index is 0.226. The Labute approximate surface area is 119 Å². The highest BCUT2D eigenvalue weighted by Gasteiger charge is 2.11. The van der Waals surface area contributed by atoms with E-state index in [1.54, 1.807) is 20.4 Å². The van der Waals surface area contributed by atoms with E-state index >= 15 is 0 Å². The van der Waals surface area contributed by atoms with E-state index in [1.807, 2.05) is 31.3 Å². The minimum atomic E-state index is 0.226. The van der Waals surface area contributed by atoms with Crippen LogP contribution in [0.2, 0.25) is 0 Å². The molecule has 0 spiro atoms. The summed E-state index contributed by atoms with van der Waals surface area (Å²) in [5.41, 5.74) is 2.13. The zero-order valence-corrected chi connectivity index (χ0v) is 12.4. The van der Waals surface area contributed by atoms with Crippen LogP contribution in [0.25, 0.3) is 0 Å². The van der Waals surface area contributed by atoms with Crippen molar-refractivity contribution < 1.29 is 9.47 Å². The molecule has 5 nitrogen and oxygen atoms in total. The van der Waals surface area contributed by atoms with Crippen LogP contribution >= 0.6 is 0 Å². The van der Waals surface area contributed by atoms with Crippen LogP contribution in [-0.2, 0) is 4.74 Å². The van der Waals surface area contributed by atoms with Gasteiger partial charge in [-0.05, 0) is 37.6 Å². The normalized spacial score (nSPS) is 12.2. The lowest BCUT2D eigenvalue weighted by Crippen LogP contribution is -2.13. The Bertz CT molecular complexity index is 566. The van der Waals surface area contributed by atoms with Crippen molar-refractivity contribution in [1.82, 2.24) is 9.55 Å². The average molecular weight is 275 g/mol. The number of hydrogen-bond donors (Lipinski definition) is 1. The molecule has 2 aromatic rings. The summed E-state index contributed by atoms with van der Waals surface area (Å²) in [6.45, 7) is 4.78. The fraction of sp³-hybridized carbons (Fsp3) is 0.400. The summed E-state index contributed by atoms with van der Waals surface area (Å²) in [5.74, 6) is 1.66. The van der Waals surface area contributed by atoms with Gasteiger partial charge in [-0.25, -0.2) is 4.98 Å². The topological polar surface area (TPSA) is 48.3 Å². The van der Waals surface area contributed by atoms with Crippen molar-refractivity contribution in [2.24, 2.45) is 0 Å². The number of aromatic nitrogens is 2. The highest BCUT2D eigenvalue weighted by atomic mass is 16.5. The summed E-state index contributed by atoms with van der Waals surface area (Å²) < 4.78 is 12.5. The molecule has 0 aliphatic heterocycles. The molecular weight excluding hydrogens is 254 g/mol. The number of aryl methyl sites for hydroxylation is 1. The lowest BCUT2D eigenvalue weighted by Gasteiger charge is -2.17. The number of imidazole rings is 1. The summed E-state index contributed by atoms with van der Waals surface area (Å²) >= 11 is 0. The maximum atomic E-state index is 5.21. The molecule has 1 heterocycles. The van der Waals surface area contributed by atoms with Gasteiger partial charge in [-0.3, -0.25) is 0 Å². The van der Waals surface area contributed by atoms with Gasteiger partial charge in [-0.15, -0.1) is 0 Å². The number of nitrogens with one attached hydrogen (secondary N) is 1. The smallest absolute Gasteiger partial charge is 0.207 e. The zero-order valence-electron chi connectivity index (χ0n) is 12.4. The molecule has 0 bridgehead atoms. The summed E-state index contributed by atoms with van der Waals surface area (Å²) in [6, 6.07) is 6.15. The number of nitrogens with zero attached hydrogens (tertiary/aromatic N) is 2. The van der Waals surface area contributed by atoms with Crippen LogP contribution in [0.1, 0.15) is 18.5 Å². The Morgan fingerprint density at radius 3 is 2.80 bits per heavy atom. The number of benzene rings is 1. The molecule has 0 amide bonds. The summed E-state index contributed by atoms with van der Waals surface area (Å²) in [6.07, 6.45) is 3.73. The molecule has 2 rings (SSSR count). The Morgan fingerprint density at radius 1 is 1.35 bits per heavy atom. The Hall–Kier alpha value is -2.01. The molecule has 5 heteroatoms. The molecule has 20 heavy (non-hydrogen) atoms. The molecule has 0 radical (unpaired) electrons. The summed E-state index contributed by atoms with van der Waals surface area (Å²) in [5, 5.41) is 3.35. The van der Waals surface area contributed by atoms with E-state index in [0.717, 1.165) is 22.9 Å². The highest BCUT2D eigenvalue weighted by Crippen LogP contribution is 2.25. The largest absolute Gasteiger partial charge is 0.497 e. The molecule has 108 valence electrons. The zero-order chi connectivity index (χ0) is 14.5. The minimum Gasteiger partial charge on any atom is -0.497 e.